The molecule has 6 nitrogen and oxygen atoms in total. The molecule has 0 aliphatic carbocycles. The van der Waals surface area contributed by atoms with E-state index in [4.69, 9.17) is 9.47 Å². The normalized spacial score (nSPS) is 14.2. The van der Waals surface area contributed by atoms with Gasteiger partial charge in [0.15, 0.2) is 0 Å². The van der Waals surface area contributed by atoms with E-state index < -0.39 is 0 Å². The zero-order chi connectivity index (χ0) is 19.1. The molecule has 1 fully saturated rings. The first-order valence-electron chi connectivity index (χ1n) is 9.12. The van der Waals surface area contributed by atoms with Crippen LogP contribution in [0.1, 0.15) is 35.2 Å². The van der Waals surface area contributed by atoms with E-state index in [1.165, 1.54) is 26.4 Å². The van der Waals surface area contributed by atoms with Crippen LogP contribution in [0.2, 0.25) is 0 Å². The van der Waals surface area contributed by atoms with Gasteiger partial charge in [-0.2, -0.15) is 5.10 Å². The van der Waals surface area contributed by atoms with Crippen molar-refractivity contribution in [1.29, 1.82) is 0 Å². The number of methoxy groups -OCH3 is 2. The number of anilines is 1. The van der Waals surface area contributed by atoms with Crippen molar-refractivity contribution in [1.82, 2.24) is 5.43 Å². The van der Waals surface area contributed by atoms with E-state index in [0.717, 1.165) is 30.1 Å². The van der Waals surface area contributed by atoms with Crippen LogP contribution in [0.3, 0.4) is 0 Å². The van der Waals surface area contributed by atoms with Crippen LogP contribution in [0.15, 0.2) is 47.6 Å². The van der Waals surface area contributed by atoms with Crippen LogP contribution in [-0.2, 0) is 0 Å². The molecule has 1 aliphatic heterocycles. The zero-order valence-corrected chi connectivity index (χ0v) is 15.8. The van der Waals surface area contributed by atoms with Crippen LogP contribution < -0.4 is 19.8 Å². The Bertz CT molecular complexity index is 814. The predicted octanol–water partition coefficient (Wildman–Crippen LogP) is 3.46. The molecular formula is C21H25N3O3. The first kappa shape index (κ1) is 18.8. The minimum atomic E-state index is -0.326. The second-order valence-corrected chi connectivity index (χ2v) is 6.37. The Morgan fingerprint density at radius 2 is 1.78 bits per heavy atom. The average Bonchev–Trinajstić information content (AvgIpc) is 2.74. The van der Waals surface area contributed by atoms with E-state index in [1.54, 1.807) is 31.5 Å². The summed E-state index contributed by atoms with van der Waals surface area (Å²) in [7, 11) is 3.17. The number of piperidine rings is 1. The third-order valence-electron chi connectivity index (χ3n) is 4.66. The Labute approximate surface area is 159 Å². The van der Waals surface area contributed by atoms with Gasteiger partial charge in [0, 0.05) is 30.4 Å². The summed E-state index contributed by atoms with van der Waals surface area (Å²) < 4.78 is 10.7. The molecular weight excluding hydrogens is 342 g/mol. The summed E-state index contributed by atoms with van der Waals surface area (Å²) in [5, 5.41) is 4.07. The number of hydrazone groups is 1. The van der Waals surface area contributed by atoms with Crippen molar-refractivity contribution in [3.8, 4) is 11.5 Å². The summed E-state index contributed by atoms with van der Waals surface area (Å²) in [6, 6.07) is 13.1. The Kier molecular flexibility index (Phi) is 6.30. The molecule has 1 amide bonds. The summed E-state index contributed by atoms with van der Waals surface area (Å²) in [6.45, 7) is 2.15. The summed E-state index contributed by atoms with van der Waals surface area (Å²) >= 11 is 0. The SMILES string of the molecule is COc1cc(N2CCCCC2)ccc1/C=N/NC(=O)c1ccccc1OC. The van der Waals surface area contributed by atoms with E-state index in [0.29, 0.717) is 11.3 Å². The number of hydrogen-bond donors (Lipinski definition) is 1. The molecule has 1 saturated heterocycles. The van der Waals surface area contributed by atoms with Gasteiger partial charge in [-0.25, -0.2) is 5.43 Å². The van der Waals surface area contributed by atoms with Crippen molar-refractivity contribution in [2.24, 2.45) is 5.10 Å². The summed E-state index contributed by atoms with van der Waals surface area (Å²) in [5.41, 5.74) is 4.93. The number of carbonyl (C=O) groups is 1. The molecule has 0 bridgehead atoms. The molecule has 0 saturated carbocycles. The Balaban J connectivity index is 1.70. The second-order valence-electron chi connectivity index (χ2n) is 6.37. The topological polar surface area (TPSA) is 63.2 Å². The van der Waals surface area contributed by atoms with Gasteiger partial charge in [-0.15, -0.1) is 0 Å². The smallest absolute Gasteiger partial charge is 0.275 e. The van der Waals surface area contributed by atoms with Crippen LogP contribution >= 0.6 is 0 Å². The number of nitrogens with zero attached hydrogens (tertiary/aromatic N) is 2. The third kappa shape index (κ3) is 4.58. The van der Waals surface area contributed by atoms with Crippen LogP contribution in [-0.4, -0.2) is 39.4 Å². The minimum Gasteiger partial charge on any atom is -0.496 e. The lowest BCUT2D eigenvalue weighted by Gasteiger charge is -2.29. The Hall–Kier alpha value is -3.02. The van der Waals surface area contributed by atoms with E-state index >= 15 is 0 Å². The minimum absolute atomic E-state index is 0.326. The fourth-order valence-electron chi connectivity index (χ4n) is 3.21. The van der Waals surface area contributed by atoms with E-state index in [2.05, 4.69) is 21.5 Å². The first-order valence-corrected chi connectivity index (χ1v) is 9.12. The number of ether oxygens (including phenoxy) is 2. The maximum Gasteiger partial charge on any atom is 0.275 e. The second kappa shape index (κ2) is 9.07. The van der Waals surface area contributed by atoms with Gasteiger partial charge in [0.05, 0.1) is 26.0 Å². The highest BCUT2D eigenvalue weighted by Crippen LogP contribution is 2.27. The van der Waals surface area contributed by atoms with Crippen molar-refractivity contribution in [3.63, 3.8) is 0 Å². The molecule has 27 heavy (non-hydrogen) atoms. The van der Waals surface area contributed by atoms with Gasteiger partial charge < -0.3 is 14.4 Å². The number of para-hydroxylation sites is 1. The van der Waals surface area contributed by atoms with Crippen LogP contribution in [0, 0.1) is 0 Å². The van der Waals surface area contributed by atoms with Gasteiger partial charge in [0.25, 0.3) is 5.91 Å². The molecule has 142 valence electrons. The van der Waals surface area contributed by atoms with E-state index in [-0.39, 0.29) is 5.91 Å². The highest BCUT2D eigenvalue weighted by molar-refractivity contribution is 5.97. The molecule has 0 atom stereocenters. The highest BCUT2D eigenvalue weighted by atomic mass is 16.5. The molecule has 0 radical (unpaired) electrons. The molecule has 1 heterocycles. The number of rotatable bonds is 6. The number of amides is 1. The maximum atomic E-state index is 12.3. The monoisotopic (exact) mass is 367 g/mol. The molecule has 2 aromatic rings. The molecule has 1 N–H and O–H groups in total. The van der Waals surface area contributed by atoms with Crippen molar-refractivity contribution in [2.75, 3.05) is 32.2 Å². The Morgan fingerprint density at radius 3 is 2.52 bits per heavy atom. The number of hydrogen-bond acceptors (Lipinski definition) is 5. The molecule has 0 aromatic heterocycles. The van der Waals surface area contributed by atoms with Crippen molar-refractivity contribution < 1.29 is 14.3 Å². The molecule has 3 rings (SSSR count). The molecule has 6 heteroatoms. The third-order valence-corrected chi connectivity index (χ3v) is 4.66. The van der Waals surface area contributed by atoms with Gasteiger partial charge in [-0.3, -0.25) is 4.79 Å². The summed E-state index contributed by atoms with van der Waals surface area (Å²) in [4.78, 5) is 14.7. The van der Waals surface area contributed by atoms with Crippen LogP contribution in [0.5, 0.6) is 11.5 Å². The zero-order valence-electron chi connectivity index (χ0n) is 15.8. The van der Waals surface area contributed by atoms with Crippen molar-refractivity contribution in [2.45, 2.75) is 19.3 Å². The maximum absolute atomic E-state index is 12.3. The number of nitrogens with one attached hydrogen (secondary N) is 1. The highest BCUT2D eigenvalue weighted by Gasteiger charge is 2.13. The van der Waals surface area contributed by atoms with Gasteiger partial charge in [0.2, 0.25) is 0 Å². The van der Waals surface area contributed by atoms with E-state index in [1.807, 2.05) is 18.2 Å². The number of benzene rings is 2. The van der Waals surface area contributed by atoms with E-state index in [9.17, 15) is 4.79 Å². The molecule has 2 aromatic carbocycles. The van der Waals surface area contributed by atoms with Crippen molar-refractivity contribution >= 4 is 17.8 Å². The standard InChI is InChI=1S/C21H25N3O3/c1-26-19-9-5-4-8-18(19)21(25)23-22-15-16-10-11-17(14-20(16)27-2)24-12-6-3-7-13-24/h4-5,8-11,14-15H,3,6-7,12-13H2,1-2H3,(H,23,25)/b22-15+. The van der Waals surface area contributed by atoms with Crippen LogP contribution in [0.4, 0.5) is 5.69 Å². The lowest BCUT2D eigenvalue weighted by Crippen LogP contribution is -2.29. The predicted molar refractivity (Wildman–Crippen MR) is 107 cm³/mol. The van der Waals surface area contributed by atoms with Gasteiger partial charge in [0.1, 0.15) is 11.5 Å². The fourth-order valence-corrected chi connectivity index (χ4v) is 3.21. The van der Waals surface area contributed by atoms with Gasteiger partial charge in [-0.05, 0) is 43.5 Å². The molecule has 0 unspecified atom stereocenters. The lowest BCUT2D eigenvalue weighted by molar-refractivity contribution is 0.0952. The largest absolute Gasteiger partial charge is 0.496 e. The quantitative estimate of drug-likeness (QED) is 0.627. The van der Waals surface area contributed by atoms with Gasteiger partial charge >= 0.3 is 0 Å². The van der Waals surface area contributed by atoms with Crippen molar-refractivity contribution in [3.05, 3.63) is 53.6 Å². The Morgan fingerprint density at radius 1 is 1.04 bits per heavy atom. The fraction of sp³-hybridized carbons (Fsp3) is 0.333. The molecule has 0 spiro atoms. The number of carbonyl (C=O) groups excluding carboxylic acids is 1. The summed E-state index contributed by atoms with van der Waals surface area (Å²) in [5.74, 6) is 0.912. The average molecular weight is 367 g/mol. The van der Waals surface area contributed by atoms with Crippen LogP contribution in [0.25, 0.3) is 0 Å². The first-order chi connectivity index (χ1) is 13.2. The van der Waals surface area contributed by atoms with Gasteiger partial charge in [-0.1, -0.05) is 12.1 Å². The summed E-state index contributed by atoms with van der Waals surface area (Å²) in [6.07, 6.45) is 5.33. The lowest BCUT2D eigenvalue weighted by atomic mass is 10.1. The molecule has 1 aliphatic rings.